The second-order valence-electron chi connectivity index (χ2n) is 5.73. The molecule has 0 aromatic heterocycles. The predicted octanol–water partition coefficient (Wildman–Crippen LogP) is 3.19. The van der Waals surface area contributed by atoms with E-state index in [4.69, 9.17) is 5.11 Å². The number of nitrogens with one attached hydrogen (secondary N) is 1. The number of fused-ring (bicyclic) bond motifs is 2. The second-order valence-corrected chi connectivity index (χ2v) is 5.73. The molecule has 1 aromatic rings. The topological polar surface area (TPSA) is 32.3 Å². The van der Waals surface area contributed by atoms with Gasteiger partial charge in [-0.2, -0.15) is 0 Å². The van der Waals surface area contributed by atoms with Gasteiger partial charge in [-0.1, -0.05) is 24.3 Å². The molecule has 3 rings (SSSR count). The number of aliphatic hydroxyl groups excluding tert-OH is 1. The van der Waals surface area contributed by atoms with Gasteiger partial charge in [0.15, 0.2) is 0 Å². The Kier molecular flexibility index (Phi) is 3.13. The Morgan fingerprint density at radius 3 is 2.56 bits per heavy atom. The van der Waals surface area contributed by atoms with Crippen LogP contribution in [0.5, 0.6) is 0 Å². The third-order valence-corrected chi connectivity index (χ3v) is 4.50. The molecule has 2 N–H and O–H groups in total. The van der Waals surface area contributed by atoms with Gasteiger partial charge in [0.05, 0.1) is 6.61 Å². The summed E-state index contributed by atoms with van der Waals surface area (Å²) in [6, 6.07) is 8.60. The highest BCUT2D eigenvalue weighted by Gasteiger charge is 2.38. The van der Waals surface area contributed by atoms with E-state index in [0.717, 1.165) is 29.0 Å². The van der Waals surface area contributed by atoms with E-state index in [-0.39, 0.29) is 6.61 Å². The zero-order valence-electron chi connectivity index (χ0n) is 10.8. The molecule has 1 aromatic carbocycles. The van der Waals surface area contributed by atoms with Crippen LogP contribution in [0, 0.1) is 17.8 Å². The summed E-state index contributed by atoms with van der Waals surface area (Å²) >= 11 is 0. The van der Waals surface area contributed by atoms with Crippen LogP contribution in [0.15, 0.2) is 36.4 Å². The molecular formula is C16H21NO. The van der Waals surface area contributed by atoms with E-state index in [1.807, 2.05) is 12.1 Å². The second kappa shape index (κ2) is 4.77. The molecule has 2 aliphatic carbocycles. The lowest BCUT2D eigenvalue weighted by Gasteiger charge is -2.27. The van der Waals surface area contributed by atoms with Gasteiger partial charge in [0.2, 0.25) is 0 Å². The molecule has 2 aliphatic rings. The molecule has 0 saturated heterocycles. The van der Waals surface area contributed by atoms with Gasteiger partial charge < -0.3 is 10.4 Å². The maximum absolute atomic E-state index is 9.03. The first-order valence-electron chi connectivity index (χ1n) is 6.91. The van der Waals surface area contributed by atoms with Crippen molar-refractivity contribution in [2.24, 2.45) is 17.8 Å². The summed E-state index contributed by atoms with van der Waals surface area (Å²) in [7, 11) is 0. The van der Waals surface area contributed by atoms with Crippen LogP contribution in [0.25, 0.3) is 0 Å². The molecule has 2 bridgehead atoms. The summed E-state index contributed by atoms with van der Waals surface area (Å²) in [6.45, 7) is 2.41. The quantitative estimate of drug-likeness (QED) is 0.796. The molecule has 96 valence electrons. The van der Waals surface area contributed by atoms with E-state index < -0.39 is 0 Å². The molecule has 0 amide bonds. The molecule has 0 spiro atoms. The first-order valence-corrected chi connectivity index (χ1v) is 6.91. The summed E-state index contributed by atoms with van der Waals surface area (Å²) in [4.78, 5) is 0. The van der Waals surface area contributed by atoms with Crippen molar-refractivity contribution in [1.82, 2.24) is 0 Å². The number of hydrogen-bond donors (Lipinski definition) is 2. The molecule has 1 fully saturated rings. The first kappa shape index (κ1) is 11.8. The van der Waals surface area contributed by atoms with Crippen LogP contribution in [0.1, 0.15) is 25.3 Å². The van der Waals surface area contributed by atoms with Gasteiger partial charge in [-0.05, 0) is 55.2 Å². The number of aliphatic hydroxyl groups is 1. The van der Waals surface area contributed by atoms with E-state index >= 15 is 0 Å². The Morgan fingerprint density at radius 2 is 2.00 bits per heavy atom. The fourth-order valence-corrected chi connectivity index (χ4v) is 3.47. The molecule has 2 heteroatoms. The van der Waals surface area contributed by atoms with Gasteiger partial charge in [0.1, 0.15) is 0 Å². The van der Waals surface area contributed by atoms with Crippen molar-refractivity contribution in [3.05, 3.63) is 42.0 Å². The van der Waals surface area contributed by atoms with Crippen LogP contribution in [-0.4, -0.2) is 11.1 Å². The van der Waals surface area contributed by atoms with Crippen molar-refractivity contribution < 1.29 is 5.11 Å². The summed E-state index contributed by atoms with van der Waals surface area (Å²) in [6.07, 6.45) is 7.50. The fourth-order valence-electron chi connectivity index (χ4n) is 3.47. The number of benzene rings is 1. The van der Waals surface area contributed by atoms with E-state index in [0.29, 0.717) is 6.04 Å². The zero-order chi connectivity index (χ0) is 12.5. The lowest BCUT2D eigenvalue weighted by Crippen LogP contribution is -2.28. The standard InChI is InChI=1S/C16H21NO/c1-11(16-9-13-2-5-14(16)8-13)17-15-6-3-12(10-18)4-7-15/h2-7,11,13-14,16-18H,8-10H2,1H3. The smallest absolute Gasteiger partial charge is 0.0681 e. The molecule has 0 aliphatic heterocycles. The van der Waals surface area contributed by atoms with Gasteiger partial charge in [0.25, 0.3) is 0 Å². The average Bonchev–Trinajstić information content (AvgIpc) is 3.02. The zero-order valence-corrected chi connectivity index (χ0v) is 10.8. The molecule has 0 radical (unpaired) electrons. The van der Waals surface area contributed by atoms with Crippen LogP contribution in [0.3, 0.4) is 0 Å². The van der Waals surface area contributed by atoms with Gasteiger partial charge >= 0.3 is 0 Å². The largest absolute Gasteiger partial charge is 0.392 e. The maximum Gasteiger partial charge on any atom is 0.0681 e. The van der Waals surface area contributed by atoms with Crippen LogP contribution in [0.2, 0.25) is 0 Å². The molecular weight excluding hydrogens is 222 g/mol. The number of hydrogen-bond acceptors (Lipinski definition) is 2. The highest BCUT2D eigenvalue weighted by atomic mass is 16.3. The van der Waals surface area contributed by atoms with Crippen molar-refractivity contribution in [3.8, 4) is 0 Å². The molecule has 4 atom stereocenters. The van der Waals surface area contributed by atoms with Crippen molar-refractivity contribution in [1.29, 1.82) is 0 Å². The Labute approximate surface area is 109 Å². The van der Waals surface area contributed by atoms with Gasteiger partial charge in [-0.15, -0.1) is 0 Å². The van der Waals surface area contributed by atoms with Crippen molar-refractivity contribution in [2.75, 3.05) is 5.32 Å². The van der Waals surface area contributed by atoms with E-state index in [9.17, 15) is 0 Å². The number of anilines is 1. The Morgan fingerprint density at radius 1 is 1.22 bits per heavy atom. The highest BCUT2D eigenvalue weighted by molar-refractivity contribution is 5.45. The van der Waals surface area contributed by atoms with Gasteiger partial charge in [0, 0.05) is 11.7 Å². The Balaban J connectivity index is 1.63. The normalized spacial score (nSPS) is 30.7. The van der Waals surface area contributed by atoms with Crippen LogP contribution >= 0.6 is 0 Å². The molecule has 2 nitrogen and oxygen atoms in total. The van der Waals surface area contributed by atoms with Crippen molar-refractivity contribution in [2.45, 2.75) is 32.4 Å². The number of rotatable bonds is 4. The minimum atomic E-state index is 0.118. The summed E-state index contributed by atoms with van der Waals surface area (Å²) in [5.74, 6) is 2.40. The van der Waals surface area contributed by atoms with Crippen LogP contribution in [-0.2, 0) is 6.61 Å². The fraction of sp³-hybridized carbons (Fsp3) is 0.500. The lowest BCUT2D eigenvalue weighted by molar-refractivity contribution is 0.282. The van der Waals surface area contributed by atoms with Crippen LogP contribution in [0.4, 0.5) is 5.69 Å². The Hall–Kier alpha value is -1.28. The van der Waals surface area contributed by atoms with Gasteiger partial charge in [-0.3, -0.25) is 0 Å². The molecule has 18 heavy (non-hydrogen) atoms. The van der Waals surface area contributed by atoms with E-state index in [1.54, 1.807) is 0 Å². The molecule has 4 unspecified atom stereocenters. The number of allylic oxidation sites excluding steroid dienone is 2. The Bertz CT molecular complexity index is 437. The summed E-state index contributed by atoms with van der Waals surface area (Å²) in [5, 5.41) is 12.6. The monoisotopic (exact) mass is 243 g/mol. The van der Waals surface area contributed by atoms with E-state index in [1.165, 1.54) is 12.8 Å². The minimum Gasteiger partial charge on any atom is -0.392 e. The van der Waals surface area contributed by atoms with E-state index in [2.05, 4.69) is 36.5 Å². The van der Waals surface area contributed by atoms with Gasteiger partial charge in [-0.25, -0.2) is 0 Å². The predicted molar refractivity (Wildman–Crippen MR) is 74.3 cm³/mol. The van der Waals surface area contributed by atoms with Crippen LogP contribution < -0.4 is 5.32 Å². The lowest BCUT2D eigenvalue weighted by atomic mass is 9.87. The third kappa shape index (κ3) is 2.17. The molecule has 1 saturated carbocycles. The summed E-state index contributed by atoms with van der Waals surface area (Å²) in [5.41, 5.74) is 2.13. The third-order valence-electron chi connectivity index (χ3n) is 4.50. The molecule has 0 heterocycles. The SMILES string of the molecule is CC(Nc1ccc(CO)cc1)C1CC2C=CC1C2. The van der Waals surface area contributed by atoms with Crippen molar-refractivity contribution >= 4 is 5.69 Å². The minimum absolute atomic E-state index is 0.118. The summed E-state index contributed by atoms with van der Waals surface area (Å²) < 4.78 is 0. The van der Waals surface area contributed by atoms with Crippen molar-refractivity contribution in [3.63, 3.8) is 0 Å². The highest BCUT2D eigenvalue weighted by Crippen LogP contribution is 2.45. The average molecular weight is 243 g/mol. The first-order chi connectivity index (χ1) is 8.76. The maximum atomic E-state index is 9.03.